The van der Waals surface area contributed by atoms with Crippen molar-refractivity contribution in [3.63, 3.8) is 0 Å². The van der Waals surface area contributed by atoms with Gasteiger partial charge in [0.15, 0.2) is 11.7 Å². The van der Waals surface area contributed by atoms with Crippen LogP contribution in [0.5, 0.6) is 0 Å². The van der Waals surface area contributed by atoms with Gasteiger partial charge in [0, 0.05) is 18.9 Å². The van der Waals surface area contributed by atoms with E-state index in [1.807, 2.05) is 0 Å². The molecule has 3 rings (SSSR count). The maximum Gasteiger partial charge on any atom is 0.188 e. The Kier molecular flexibility index (Phi) is 5.01. The molecule has 1 aliphatic heterocycles. The summed E-state index contributed by atoms with van der Waals surface area (Å²) in [6.07, 6.45) is 12.3. The van der Waals surface area contributed by atoms with E-state index in [4.69, 9.17) is 15.2 Å². The molecule has 21 heavy (non-hydrogen) atoms. The third-order valence-electron chi connectivity index (χ3n) is 4.95. The second kappa shape index (κ2) is 6.97. The van der Waals surface area contributed by atoms with Gasteiger partial charge in [-0.25, -0.2) is 0 Å². The van der Waals surface area contributed by atoms with Gasteiger partial charge in [0.25, 0.3) is 0 Å². The molecule has 1 unspecified atom stereocenters. The minimum atomic E-state index is -0.288. The third-order valence-corrected chi connectivity index (χ3v) is 4.95. The van der Waals surface area contributed by atoms with Crippen molar-refractivity contribution in [2.75, 3.05) is 13.2 Å². The van der Waals surface area contributed by atoms with Crippen molar-refractivity contribution >= 4 is 5.96 Å². The van der Waals surface area contributed by atoms with Gasteiger partial charge in [-0.05, 0) is 25.7 Å². The first-order valence-corrected chi connectivity index (χ1v) is 8.64. The molecule has 3 aliphatic rings. The monoisotopic (exact) mass is 295 g/mol. The number of rotatable bonds is 3. The molecule has 1 saturated heterocycles. The highest BCUT2D eigenvalue weighted by Crippen LogP contribution is 2.39. The van der Waals surface area contributed by atoms with Crippen LogP contribution in [0.4, 0.5) is 0 Å². The summed E-state index contributed by atoms with van der Waals surface area (Å²) in [7, 11) is 0. The minimum Gasteiger partial charge on any atom is -0.370 e. The molecule has 0 bridgehead atoms. The van der Waals surface area contributed by atoms with Crippen LogP contribution in [-0.4, -0.2) is 37.0 Å². The maximum atomic E-state index is 6.06. The lowest BCUT2D eigenvalue weighted by Crippen LogP contribution is -2.40. The lowest BCUT2D eigenvalue weighted by molar-refractivity contribution is -0.160. The average molecular weight is 295 g/mol. The number of nitrogens with two attached hydrogens (primary N) is 1. The lowest BCUT2D eigenvalue weighted by atomic mass is 10.1. The predicted octanol–water partition coefficient (Wildman–Crippen LogP) is 2.30. The highest BCUT2D eigenvalue weighted by Gasteiger charge is 2.43. The number of hydrogen-bond donors (Lipinski definition) is 2. The van der Waals surface area contributed by atoms with Gasteiger partial charge in [0.05, 0.1) is 13.2 Å². The standard InChI is InChI=1S/C16H29N3O2/c17-15(19-13-7-3-1-2-4-8-13)18-11-14-12-20-16(21-14)9-5-6-10-16/h13-14H,1-12H2,(H3,17,18,19). The van der Waals surface area contributed by atoms with E-state index in [9.17, 15) is 0 Å². The number of nitrogens with zero attached hydrogens (tertiary/aromatic N) is 1. The minimum absolute atomic E-state index is 0.0672. The Morgan fingerprint density at radius 3 is 2.52 bits per heavy atom. The highest BCUT2D eigenvalue weighted by atomic mass is 16.7. The van der Waals surface area contributed by atoms with E-state index in [0.29, 0.717) is 25.2 Å². The summed E-state index contributed by atoms with van der Waals surface area (Å²) in [5.74, 6) is 0.279. The molecule has 2 aliphatic carbocycles. The van der Waals surface area contributed by atoms with Crippen LogP contribution in [0, 0.1) is 0 Å². The summed E-state index contributed by atoms with van der Waals surface area (Å²) in [6.45, 7) is 1.26. The van der Waals surface area contributed by atoms with Crippen LogP contribution in [-0.2, 0) is 9.47 Å². The molecule has 1 heterocycles. The molecule has 5 heteroatoms. The maximum absolute atomic E-state index is 6.06. The predicted molar refractivity (Wildman–Crippen MR) is 83.1 cm³/mol. The Bertz CT molecular complexity index is 359. The molecule has 1 atom stereocenters. The lowest BCUT2D eigenvalue weighted by Gasteiger charge is -2.21. The Labute approximate surface area is 127 Å². The zero-order valence-corrected chi connectivity index (χ0v) is 13.0. The Morgan fingerprint density at radius 1 is 1.10 bits per heavy atom. The molecular weight excluding hydrogens is 266 g/mol. The van der Waals surface area contributed by atoms with E-state index in [1.165, 1.54) is 51.4 Å². The Hall–Kier alpha value is -0.810. The van der Waals surface area contributed by atoms with Crippen molar-refractivity contribution < 1.29 is 9.47 Å². The van der Waals surface area contributed by atoms with Crippen molar-refractivity contribution in [2.24, 2.45) is 10.7 Å². The van der Waals surface area contributed by atoms with E-state index >= 15 is 0 Å². The molecule has 2 saturated carbocycles. The molecule has 5 nitrogen and oxygen atoms in total. The number of aliphatic imine (C=N–C) groups is 1. The van der Waals surface area contributed by atoms with Gasteiger partial charge in [0.2, 0.25) is 0 Å². The molecular formula is C16H29N3O2. The van der Waals surface area contributed by atoms with Gasteiger partial charge in [-0.3, -0.25) is 4.99 Å². The van der Waals surface area contributed by atoms with Crippen molar-refractivity contribution in [3.05, 3.63) is 0 Å². The molecule has 120 valence electrons. The highest BCUT2D eigenvalue weighted by molar-refractivity contribution is 5.78. The van der Waals surface area contributed by atoms with Crippen molar-refractivity contribution in [1.29, 1.82) is 0 Å². The smallest absolute Gasteiger partial charge is 0.188 e. The second-order valence-electron chi connectivity index (χ2n) is 6.73. The van der Waals surface area contributed by atoms with Crippen molar-refractivity contribution in [2.45, 2.75) is 82.1 Å². The van der Waals surface area contributed by atoms with Crippen LogP contribution in [0.15, 0.2) is 4.99 Å². The summed E-state index contributed by atoms with van der Waals surface area (Å²) < 4.78 is 11.9. The van der Waals surface area contributed by atoms with Crippen molar-refractivity contribution in [1.82, 2.24) is 5.32 Å². The van der Waals surface area contributed by atoms with E-state index in [2.05, 4.69) is 10.3 Å². The van der Waals surface area contributed by atoms with Crippen LogP contribution in [0.1, 0.15) is 64.2 Å². The molecule has 3 fully saturated rings. The first-order chi connectivity index (χ1) is 10.3. The topological polar surface area (TPSA) is 68.9 Å². The fourth-order valence-corrected chi connectivity index (χ4v) is 3.76. The first kappa shape index (κ1) is 15.1. The van der Waals surface area contributed by atoms with Gasteiger partial charge in [-0.15, -0.1) is 0 Å². The summed E-state index contributed by atoms with van der Waals surface area (Å²) in [6, 6.07) is 0.498. The first-order valence-electron chi connectivity index (χ1n) is 8.64. The van der Waals surface area contributed by atoms with Gasteiger partial charge in [0.1, 0.15) is 6.10 Å². The largest absolute Gasteiger partial charge is 0.370 e. The number of hydrogen-bond acceptors (Lipinski definition) is 3. The van der Waals surface area contributed by atoms with E-state index in [-0.39, 0.29) is 11.9 Å². The van der Waals surface area contributed by atoms with Crippen LogP contribution >= 0.6 is 0 Å². The quantitative estimate of drug-likeness (QED) is 0.476. The third kappa shape index (κ3) is 4.10. The molecule has 0 amide bonds. The number of nitrogens with one attached hydrogen (secondary N) is 1. The zero-order chi connectivity index (χ0) is 14.5. The van der Waals surface area contributed by atoms with Gasteiger partial charge >= 0.3 is 0 Å². The number of guanidine groups is 1. The Morgan fingerprint density at radius 2 is 1.81 bits per heavy atom. The molecule has 0 aromatic heterocycles. The molecule has 0 aromatic rings. The second-order valence-corrected chi connectivity index (χ2v) is 6.73. The normalized spacial score (nSPS) is 30.7. The fraction of sp³-hybridized carbons (Fsp3) is 0.938. The fourth-order valence-electron chi connectivity index (χ4n) is 3.76. The molecule has 3 N–H and O–H groups in total. The summed E-state index contributed by atoms with van der Waals surface area (Å²) in [5.41, 5.74) is 6.02. The van der Waals surface area contributed by atoms with Crippen LogP contribution in [0.2, 0.25) is 0 Å². The van der Waals surface area contributed by atoms with Crippen LogP contribution in [0.25, 0.3) is 0 Å². The number of ether oxygens (including phenoxy) is 2. The summed E-state index contributed by atoms with van der Waals surface area (Å²) in [4.78, 5) is 4.46. The van der Waals surface area contributed by atoms with E-state index in [1.54, 1.807) is 0 Å². The SMILES string of the molecule is NC(=NCC1COC2(CCCC2)O1)NC1CCCCCC1. The van der Waals surface area contributed by atoms with Gasteiger partial charge in [-0.2, -0.15) is 0 Å². The van der Waals surface area contributed by atoms with E-state index in [0.717, 1.165) is 12.8 Å². The van der Waals surface area contributed by atoms with E-state index < -0.39 is 0 Å². The molecule has 0 radical (unpaired) electrons. The van der Waals surface area contributed by atoms with Crippen LogP contribution < -0.4 is 11.1 Å². The summed E-state index contributed by atoms with van der Waals surface area (Å²) in [5, 5.41) is 3.38. The van der Waals surface area contributed by atoms with Crippen LogP contribution in [0.3, 0.4) is 0 Å². The van der Waals surface area contributed by atoms with Gasteiger partial charge < -0.3 is 20.5 Å². The zero-order valence-electron chi connectivity index (χ0n) is 13.0. The van der Waals surface area contributed by atoms with Gasteiger partial charge in [-0.1, -0.05) is 25.7 Å². The summed E-state index contributed by atoms with van der Waals surface area (Å²) >= 11 is 0. The Balaban J connectivity index is 1.42. The molecule has 0 aromatic carbocycles. The molecule has 1 spiro atoms. The average Bonchev–Trinajstić information content (AvgIpc) is 3.02. The van der Waals surface area contributed by atoms with Crippen molar-refractivity contribution in [3.8, 4) is 0 Å².